The molecule has 6 nitrogen and oxygen atoms in total. The summed E-state index contributed by atoms with van der Waals surface area (Å²) in [6.07, 6.45) is 0. The molecule has 27 heavy (non-hydrogen) atoms. The summed E-state index contributed by atoms with van der Waals surface area (Å²) in [6, 6.07) is 10.3. The molecule has 3 rings (SSSR count). The van der Waals surface area contributed by atoms with Crippen molar-refractivity contribution in [2.45, 2.75) is 13.1 Å². The molecule has 2 aromatic carbocycles. The highest BCUT2D eigenvalue weighted by molar-refractivity contribution is 6.30. The Kier molecular flexibility index (Phi) is 5.97. The van der Waals surface area contributed by atoms with Crippen molar-refractivity contribution in [3.63, 3.8) is 0 Å². The third kappa shape index (κ3) is 5.01. The van der Waals surface area contributed by atoms with E-state index < -0.39 is 11.6 Å². The predicted molar refractivity (Wildman–Crippen MR) is 98.1 cm³/mol. The van der Waals surface area contributed by atoms with Crippen LogP contribution in [0.4, 0.5) is 8.78 Å². The number of benzene rings is 2. The molecule has 0 fully saturated rings. The second-order valence-electron chi connectivity index (χ2n) is 5.53. The van der Waals surface area contributed by atoms with Crippen LogP contribution < -0.4 is 10.6 Å². The molecular formula is C18H16ClF2N5O. The Hall–Kier alpha value is -3.00. The molecule has 0 bridgehead atoms. The lowest BCUT2D eigenvalue weighted by molar-refractivity contribution is 0.375. The van der Waals surface area contributed by atoms with Crippen LogP contribution in [0, 0.1) is 11.6 Å². The number of nitrogens with zero attached hydrogens (tertiary/aromatic N) is 3. The zero-order valence-electron chi connectivity index (χ0n) is 14.3. The molecular weight excluding hydrogens is 376 g/mol. The molecule has 0 radical (unpaired) electrons. The van der Waals surface area contributed by atoms with E-state index in [9.17, 15) is 8.78 Å². The first-order valence-electron chi connectivity index (χ1n) is 8.02. The van der Waals surface area contributed by atoms with Gasteiger partial charge in [0.2, 0.25) is 11.7 Å². The summed E-state index contributed by atoms with van der Waals surface area (Å²) in [4.78, 5) is 8.30. The smallest absolute Gasteiger partial charge is 0.246 e. The first kappa shape index (κ1) is 18.8. The van der Waals surface area contributed by atoms with E-state index in [-0.39, 0.29) is 18.7 Å². The molecule has 0 aliphatic heterocycles. The molecule has 140 valence electrons. The summed E-state index contributed by atoms with van der Waals surface area (Å²) >= 11 is 5.86. The molecule has 0 amide bonds. The lowest BCUT2D eigenvalue weighted by atomic mass is 10.2. The Morgan fingerprint density at radius 1 is 1.11 bits per heavy atom. The second-order valence-corrected chi connectivity index (χ2v) is 5.97. The summed E-state index contributed by atoms with van der Waals surface area (Å²) < 4.78 is 32.1. The molecule has 0 saturated heterocycles. The molecule has 1 heterocycles. The summed E-state index contributed by atoms with van der Waals surface area (Å²) in [6.45, 7) is 0.287. The Bertz CT molecular complexity index is 943. The largest absolute Gasteiger partial charge is 0.352 e. The van der Waals surface area contributed by atoms with Gasteiger partial charge in [0.05, 0.1) is 6.54 Å². The third-order valence-corrected chi connectivity index (χ3v) is 3.91. The van der Waals surface area contributed by atoms with Gasteiger partial charge < -0.3 is 15.2 Å². The van der Waals surface area contributed by atoms with Gasteiger partial charge in [0.1, 0.15) is 11.6 Å². The van der Waals surface area contributed by atoms with Crippen LogP contribution in [0.25, 0.3) is 11.4 Å². The van der Waals surface area contributed by atoms with Crippen LogP contribution in [0.3, 0.4) is 0 Å². The van der Waals surface area contributed by atoms with Gasteiger partial charge in [0.15, 0.2) is 5.96 Å². The van der Waals surface area contributed by atoms with Gasteiger partial charge in [0, 0.05) is 29.7 Å². The minimum absolute atomic E-state index is 0.0725. The van der Waals surface area contributed by atoms with E-state index in [4.69, 9.17) is 16.1 Å². The SMILES string of the molecule is CN=C(NCc1nc(-c2ccc(Cl)cc2)no1)NCc1cc(F)ccc1F. The molecule has 0 unspecified atom stereocenters. The molecule has 1 aromatic heterocycles. The second kappa shape index (κ2) is 8.59. The maximum Gasteiger partial charge on any atom is 0.246 e. The Balaban J connectivity index is 1.57. The van der Waals surface area contributed by atoms with E-state index in [1.54, 1.807) is 31.3 Å². The van der Waals surface area contributed by atoms with Crippen LogP contribution in [0.2, 0.25) is 5.02 Å². The van der Waals surface area contributed by atoms with Crippen molar-refractivity contribution in [2.75, 3.05) is 7.05 Å². The highest BCUT2D eigenvalue weighted by Gasteiger charge is 2.10. The van der Waals surface area contributed by atoms with E-state index in [2.05, 4.69) is 25.8 Å². The van der Waals surface area contributed by atoms with Gasteiger partial charge in [-0.1, -0.05) is 16.8 Å². The molecule has 0 aliphatic rings. The van der Waals surface area contributed by atoms with E-state index in [0.717, 1.165) is 23.8 Å². The van der Waals surface area contributed by atoms with Crippen LogP contribution in [0.15, 0.2) is 52.0 Å². The summed E-state index contributed by atoms with van der Waals surface area (Å²) in [5, 5.41) is 10.4. The van der Waals surface area contributed by atoms with Crippen molar-refractivity contribution >= 4 is 17.6 Å². The van der Waals surface area contributed by atoms with Crippen LogP contribution in [-0.2, 0) is 13.1 Å². The fraction of sp³-hybridized carbons (Fsp3) is 0.167. The monoisotopic (exact) mass is 391 g/mol. The fourth-order valence-corrected chi connectivity index (χ4v) is 2.41. The Morgan fingerprint density at radius 2 is 1.85 bits per heavy atom. The standard InChI is InChI=1S/C18H16ClF2N5O/c1-22-18(23-9-12-8-14(20)6-7-15(12)21)24-10-16-25-17(26-27-16)11-2-4-13(19)5-3-11/h2-8H,9-10H2,1H3,(H2,22,23,24). The van der Waals surface area contributed by atoms with Gasteiger partial charge in [-0.25, -0.2) is 8.78 Å². The van der Waals surface area contributed by atoms with Crippen LogP contribution in [0.1, 0.15) is 11.5 Å². The minimum Gasteiger partial charge on any atom is -0.352 e. The first-order valence-corrected chi connectivity index (χ1v) is 8.40. The van der Waals surface area contributed by atoms with Gasteiger partial charge in [-0.05, 0) is 42.5 Å². The average Bonchev–Trinajstić information content (AvgIpc) is 3.14. The van der Waals surface area contributed by atoms with E-state index in [1.807, 2.05) is 0 Å². The van der Waals surface area contributed by atoms with Crippen LogP contribution in [0.5, 0.6) is 0 Å². The third-order valence-electron chi connectivity index (χ3n) is 3.66. The molecule has 2 N–H and O–H groups in total. The molecule has 0 spiro atoms. The zero-order chi connectivity index (χ0) is 19.2. The zero-order valence-corrected chi connectivity index (χ0v) is 15.1. The topological polar surface area (TPSA) is 75.3 Å². The van der Waals surface area contributed by atoms with Crippen LogP contribution >= 0.6 is 11.6 Å². The van der Waals surface area contributed by atoms with E-state index in [0.29, 0.717) is 22.7 Å². The maximum absolute atomic E-state index is 13.7. The number of halogens is 3. The van der Waals surface area contributed by atoms with Gasteiger partial charge in [-0.2, -0.15) is 4.98 Å². The number of hydrogen-bond acceptors (Lipinski definition) is 4. The number of hydrogen-bond donors (Lipinski definition) is 2. The normalized spacial score (nSPS) is 11.5. The molecule has 3 aromatic rings. The lowest BCUT2D eigenvalue weighted by Gasteiger charge is -2.11. The van der Waals surface area contributed by atoms with Crippen molar-refractivity contribution in [1.82, 2.24) is 20.8 Å². The van der Waals surface area contributed by atoms with Gasteiger partial charge in [0.25, 0.3) is 0 Å². The lowest BCUT2D eigenvalue weighted by Crippen LogP contribution is -2.36. The molecule has 0 saturated carbocycles. The number of guanidine groups is 1. The van der Waals surface area contributed by atoms with Crippen molar-refractivity contribution in [3.05, 3.63) is 70.6 Å². The fourth-order valence-electron chi connectivity index (χ4n) is 2.28. The Labute approximate surface area is 159 Å². The Morgan fingerprint density at radius 3 is 2.59 bits per heavy atom. The number of aromatic nitrogens is 2. The number of rotatable bonds is 5. The van der Waals surface area contributed by atoms with E-state index >= 15 is 0 Å². The summed E-state index contributed by atoms with van der Waals surface area (Å²) in [7, 11) is 1.56. The van der Waals surface area contributed by atoms with Crippen molar-refractivity contribution < 1.29 is 13.3 Å². The van der Waals surface area contributed by atoms with Gasteiger partial charge in [-0.3, -0.25) is 4.99 Å². The van der Waals surface area contributed by atoms with E-state index in [1.165, 1.54) is 0 Å². The van der Waals surface area contributed by atoms with Gasteiger partial charge >= 0.3 is 0 Å². The van der Waals surface area contributed by atoms with Crippen molar-refractivity contribution in [3.8, 4) is 11.4 Å². The van der Waals surface area contributed by atoms with Gasteiger partial charge in [-0.15, -0.1) is 0 Å². The first-order chi connectivity index (χ1) is 13.0. The summed E-state index contributed by atoms with van der Waals surface area (Å²) in [5.41, 5.74) is 0.972. The van der Waals surface area contributed by atoms with Crippen molar-refractivity contribution in [2.24, 2.45) is 4.99 Å². The minimum atomic E-state index is -0.503. The van der Waals surface area contributed by atoms with Crippen LogP contribution in [-0.4, -0.2) is 23.1 Å². The highest BCUT2D eigenvalue weighted by atomic mass is 35.5. The molecule has 0 atom stereocenters. The number of nitrogens with one attached hydrogen (secondary N) is 2. The quantitative estimate of drug-likeness (QED) is 0.514. The summed E-state index contributed by atoms with van der Waals surface area (Å²) in [5.74, 6) is 0.165. The average molecular weight is 392 g/mol. The molecule has 9 heteroatoms. The number of aliphatic imine (C=N–C) groups is 1. The molecule has 0 aliphatic carbocycles. The maximum atomic E-state index is 13.7. The highest BCUT2D eigenvalue weighted by Crippen LogP contribution is 2.18. The predicted octanol–water partition coefficient (Wildman–Crippen LogP) is 3.53. The van der Waals surface area contributed by atoms with Crippen molar-refractivity contribution in [1.29, 1.82) is 0 Å².